The van der Waals surface area contributed by atoms with Crippen molar-refractivity contribution in [2.24, 2.45) is 0 Å². The molecule has 0 heteroatoms. The van der Waals surface area contributed by atoms with Crippen LogP contribution in [0.1, 0.15) is 42.4 Å². The van der Waals surface area contributed by atoms with Crippen LogP contribution in [0.15, 0.2) is 18.2 Å². The monoisotopic (exact) mass is 160 g/mol. The Morgan fingerprint density at radius 3 is 3.00 bits per heavy atom. The lowest BCUT2D eigenvalue weighted by Crippen LogP contribution is -2.06. The zero-order chi connectivity index (χ0) is 8.55. The maximum Gasteiger partial charge on any atom is -0.0187 e. The zero-order valence-corrected chi connectivity index (χ0v) is 7.93. The fourth-order valence-electron chi connectivity index (χ4n) is 2.15. The van der Waals surface area contributed by atoms with Gasteiger partial charge >= 0.3 is 0 Å². The van der Waals surface area contributed by atoms with Gasteiger partial charge in [0.25, 0.3) is 0 Å². The van der Waals surface area contributed by atoms with Gasteiger partial charge in [-0.25, -0.2) is 0 Å². The molecular formula is C12H16. The molecule has 0 spiro atoms. The van der Waals surface area contributed by atoms with Crippen molar-refractivity contribution in [1.82, 2.24) is 0 Å². The van der Waals surface area contributed by atoms with Gasteiger partial charge in [0, 0.05) is 0 Å². The minimum atomic E-state index is 0.786. The van der Waals surface area contributed by atoms with E-state index in [1.807, 2.05) is 0 Å². The van der Waals surface area contributed by atoms with Gasteiger partial charge in [-0.1, -0.05) is 30.7 Å². The minimum absolute atomic E-state index is 0.786. The largest absolute Gasteiger partial charge is 0.0590 e. The van der Waals surface area contributed by atoms with E-state index in [0.29, 0.717) is 0 Å². The van der Waals surface area contributed by atoms with Crippen LogP contribution in [0.4, 0.5) is 0 Å². The Kier molecular flexibility index (Phi) is 1.92. The summed E-state index contributed by atoms with van der Waals surface area (Å²) in [5.74, 6) is 0.786. The van der Waals surface area contributed by atoms with E-state index in [1.165, 1.54) is 24.8 Å². The van der Waals surface area contributed by atoms with Crippen molar-refractivity contribution < 1.29 is 0 Å². The van der Waals surface area contributed by atoms with Crippen molar-refractivity contribution in [1.29, 1.82) is 0 Å². The standard InChI is InChI=1S/C12H16/c1-9-6-7-11-5-3-4-10(2)12(11)8-9/h6-8,10H,3-5H2,1-2H3/t10-/m0/s1. The first-order chi connectivity index (χ1) is 5.77. The van der Waals surface area contributed by atoms with Gasteiger partial charge < -0.3 is 0 Å². The van der Waals surface area contributed by atoms with Gasteiger partial charge in [-0.15, -0.1) is 0 Å². The molecule has 1 aliphatic carbocycles. The van der Waals surface area contributed by atoms with E-state index in [0.717, 1.165) is 5.92 Å². The molecule has 0 aromatic heterocycles. The Morgan fingerprint density at radius 1 is 1.33 bits per heavy atom. The molecule has 0 unspecified atom stereocenters. The SMILES string of the molecule is Cc1ccc2c(c1)[C@@H](C)CCC2. The molecule has 1 aliphatic rings. The zero-order valence-electron chi connectivity index (χ0n) is 7.93. The Morgan fingerprint density at radius 2 is 2.17 bits per heavy atom. The number of fused-ring (bicyclic) bond motifs is 1. The number of aryl methyl sites for hydroxylation is 2. The smallest absolute Gasteiger partial charge is 0.0187 e. The van der Waals surface area contributed by atoms with Gasteiger partial charge in [-0.05, 0) is 43.2 Å². The van der Waals surface area contributed by atoms with Crippen LogP contribution in [0.2, 0.25) is 0 Å². The predicted molar refractivity (Wildman–Crippen MR) is 52.5 cm³/mol. The Balaban J connectivity index is 2.47. The van der Waals surface area contributed by atoms with Crippen LogP contribution >= 0.6 is 0 Å². The molecule has 0 amide bonds. The highest BCUT2D eigenvalue weighted by molar-refractivity contribution is 5.35. The average Bonchev–Trinajstić information content (AvgIpc) is 2.07. The summed E-state index contributed by atoms with van der Waals surface area (Å²) >= 11 is 0. The molecule has 2 rings (SSSR count). The molecule has 0 aliphatic heterocycles. The predicted octanol–water partition coefficient (Wildman–Crippen LogP) is 3.43. The quantitative estimate of drug-likeness (QED) is 0.545. The third-order valence-corrected chi connectivity index (χ3v) is 2.92. The van der Waals surface area contributed by atoms with E-state index in [4.69, 9.17) is 0 Å². The van der Waals surface area contributed by atoms with Gasteiger partial charge in [-0.3, -0.25) is 0 Å². The molecule has 12 heavy (non-hydrogen) atoms. The van der Waals surface area contributed by atoms with Crippen LogP contribution in [0.25, 0.3) is 0 Å². The molecule has 64 valence electrons. The first-order valence-electron chi connectivity index (χ1n) is 4.87. The molecule has 0 saturated carbocycles. The fraction of sp³-hybridized carbons (Fsp3) is 0.500. The van der Waals surface area contributed by atoms with Gasteiger partial charge in [0.1, 0.15) is 0 Å². The second-order valence-electron chi connectivity index (χ2n) is 4.00. The number of rotatable bonds is 0. The highest BCUT2D eigenvalue weighted by atomic mass is 14.2. The summed E-state index contributed by atoms with van der Waals surface area (Å²) in [6.07, 6.45) is 4.04. The van der Waals surface area contributed by atoms with Crippen LogP contribution in [-0.4, -0.2) is 0 Å². The third kappa shape index (κ3) is 1.26. The van der Waals surface area contributed by atoms with Crippen molar-refractivity contribution in [3.63, 3.8) is 0 Å². The Hall–Kier alpha value is -0.780. The van der Waals surface area contributed by atoms with E-state index in [2.05, 4.69) is 32.0 Å². The van der Waals surface area contributed by atoms with Crippen molar-refractivity contribution in [3.05, 3.63) is 34.9 Å². The minimum Gasteiger partial charge on any atom is -0.0590 e. The highest BCUT2D eigenvalue weighted by Gasteiger charge is 2.15. The summed E-state index contributed by atoms with van der Waals surface area (Å²) in [5.41, 5.74) is 4.59. The van der Waals surface area contributed by atoms with E-state index >= 15 is 0 Å². The van der Waals surface area contributed by atoms with Crippen LogP contribution < -0.4 is 0 Å². The maximum atomic E-state index is 2.36. The summed E-state index contributed by atoms with van der Waals surface area (Å²) < 4.78 is 0. The molecule has 0 nitrogen and oxygen atoms in total. The average molecular weight is 160 g/mol. The summed E-state index contributed by atoms with van der Waals surface area (Å²) in [4.78, 5) is 0. The second-order valence-corrected chi connectivity index (χ2v) is 4.00. The summed E-state index contributed by atoms with van der Waals surface area (Å²) in [6, 6.07) is 6.90. The summed E-state index contributed by atoms with van der Waals surface area (Å²) in [6.45, 7) is 4.53. The van der Waals surface area contributed by atoms with Crippen LogP contribution in [0, 0.1) is 6.92 Å². The second kappa shape index (κ2) is 2.93. The maximum absolute atomic E-state index is 2.36. The third-order valence-electron chi connectivity index (χ3n) is 2.92. The lowest BCUT2D eigenvalue weighted by Gasteiger charge is -2.22. The Bertz CT molecular complexity index is 286. The van der Waals surface area contributed by atoms with Gasteiger partial charge in [0.2, 0.25) is 0 Å². The fourth-order valence-corrected chi connectivity index (χ4v) is 2.15. The van der Waals surface area contributed by atoms with Crippen molar-refractivity contribution in [2.45, 2.75) is 39.0 Å². The van der Waals surface area contributed by atoms with E-state index in [9.17, 15) is 0 Å². The highest BCUT2D eigenvalue weighted by Crippen LogP contribution is 2.31. The normalized spacial score (nSPS) is 22.0. The lowest BCUT2D eigenvalue weighted by atomic mass is 9.83. The van der Waals surface area contributed by atoms with Gasteiger partial charge in [0.15, 0.2) is 0 Å². The van der Waals surface area contributed by atoms with Crippen molar-refractivity contribution in [3.8, 4) is 0 Å². The lowest BCUT2D eigenvalue weighted by molar-refractivity contribution is 0.590. The molecule has 1 atom stereocenters. The molecule has 0 bridgehead atoms. The first-order valence-corrected chi connectivity index (χ1v) is 4.87. The number of benzene rings is 1. The van der Waals surface area contributed by atoms with Gasteiger partial charge in [0.05, 0.1) is 0 Å². The molecule has 1 aromatic rings. The van der Waals surface area contributed by atoms with E-state index < -0.39 is 0 Å². The summed E-state index contributed by atoms with van der Waals surface area (Å²) in [5, 5.41) is 0. The summed E-state index contributed by atoms with van der Waals surface area (Å²) in [7, 11) is 0. The van der Waals surface area contributed by atoms with Gasteiger partial charge in [-0.2, -0.15) is 0 Å². The molecule has 0 N–H and O–H groups in total. The molecule has 0 fully saturated rings. The van der Waals surface area contributed by atoms with Crippen molar-refractivity contribution in [2.75, 3.05) is 0 Å². The molecule has 0 heterocycles. The van der Waals surface area contributed by atoms with E-state index in [1.54, 1.807) is 11.1 Å². The van der Waals surface area contributed by atoms with Crippen molar-refractivity contribution >= 4 is 0 Å². The number of hydrogen-bond donors (Lipinski definition) is 0. The molecule has 1 aromatic carbocycles. The van der Waals surface area contributed by atoms with Crippen LogP contribution in [0.3, 0.4) is 0 Å². The molecular weight excluding hydrogens is 144 g/mol. The van der Waals surface area contributed by atoms with Crippen LogP contribution in [0.5, 0.6) is 0 Å². The molecule has 0 radical (unpaired) electrons. The first kappa shape index (κ1) is 7.85. The number of hydrogen-bond acceptors (Lipinski definition) is 0. The topological polar surface area (TPSA) is 0 Å². The van der Waals surface area contributed by atoms with Crippen LogP contribution in [-0.2, 0) is 6.42 Å². The van der Waals surface area contributed by atoms with E-state index in [-0.39, 0.29) is 0 Å². The Labute approximate surface area is 74.6 Å². The molecule has 0 saturated heterocycles.